The predicted octanol–water partition coefficient (Wildman–Crippen LogP) is 5.19. The van der Waals surface area contributed by atoms with Gasteiger partial charge in [0.2, 0.25) is 0 Å². The molecule has 0 saturated heterocycles. The van der Waals surface area contributed by atoms with Gasteiger partial charge in [0.25, 0.3) is 0 Å². The van der Waals surface area contributed by atoms with E-state index >= 15 is 0 Å². The average molecular weight is 343 g/mol. The third-order valence-electron chi connectivity index (χ3n) is 3.02. The first-order chi connectivity index (χ1) is 10.8. The second-order valence-electron chi connectivity index (χ2n) is 4.84. The largest absolute Gasteiger partial charge is 0.296 e. The summed E-state index contributed by atoms with van der Waals surface area (Å²) in [5.41, 5.74) is 0.687. The number of hydrogen-bond donors (Lipinski definition) is 1. The summed E-state index contributed by atoms with van der Waals surface area (Å²) in [6.07, 6.45) is 0. The molecular weight excluding hydrogens is 323 g/mol. The lowest BCUT2D eigenvalue weighted by atomic mass is 10.1. The van der Waals surface area contributed by atoms with Gasteiger partial charge in [0.1, 0.15) is 11.5 Å². The Morgan fingerprint density at radius 3 is 1.78 bits per heavy atom. The van der Waals surface area contributed by atoms with Gasteiger partial charge in [0, 0.05) is 5.56 Å². The molecule has 2 aromatic carbocycles. The topological polar surface area (TPSA) is 29.1 Å². The van der Waals surface area contributed by atoms with Gasteiger partial charge in [-0.05, 0) is 56.2 Å². The van der Waals surface area contributed by atoms with E-state index in [4.69, 9.17) is 0 Å². The number of halogens is 3. The van der Waals surface area contributed by atoms with Crippen molar-refractivity contribution < 1.29 is 17.4 Å². The van der Waals surface area contributed by atoms with Crippen LogP contribution in [0.1, 0.15) is 30.5 Å². The maximum absolute atomic E-state index is 13.7. The first-order valence-electron chi connectivity index (χ1n) is 7.20. The molecule has 2 nitrogen and oxygen atoms in total. The molecule has 1 unspecified atom stereocenters. The van der Waals surface area contributed by atoms with Gasteiger partial charge in [-0.3, -0.25) is 4.72 Å². The smallest absolute Gasteiger partial charge is 0.150 e. The second kappa shape index (κ2) is 8.15. The van der Waals surface area contributed by atoms with Crippen molar-refractivity contribution in [2.75, 3.05) is 4.72 Å². The highest BCUT2D eigenvalue weighted by molar-refractivity contribution is 7.86. The molecule has 1 N–H and O–H groups in total. The van der Waals surface area contributed by atoms with Crippen molar-refractivity contribution in [1.82, 2.24) is 0 Å². The first-order valence-corrected chi connectivity index (χ1v) is 8.35. The molecule has 0 bridgehead atoms. The fraction of sp³-hybridized carbons (Fsp3) is 0.294. The van der Waals surface area contributed by atoms with Crippen molar-refractivity contribution in [2.24, 2.45) is 0 Å². The number of aryl methyl sites for hydroxylation is 2. The van der Waals surface area contributed by atoms with Gasteiger partial charge in [-0.2, -0.15) is 0 Å². The van der Waals surface area contributed by atoms with Crippen LogP contribution < -0.4 is 4.72 Å². The van der Waals surface area contributed by atoms with E-state index in [0.29, 0.717) is 11.1 Å². The molecule has 0 amide bonds. The summed E-state index contributed by atoms with van der Waals surface area (Å²) in [6, 6.07) is 5.09. The molecule has 126 valence electrons. The minimum absolute atomic E-state index is 0.159. The monoisotopic (exact) mass is 343 g/mol. The molecule has 0 aliphatic heterocycles. The Balaban J connectivity index is 0.00000127. The van der Waals surface area contributed by atoms with Crippen molar-refractivity contribution >= 4 is 16.7 Å². The summed E-state index contributed by atoms with van der Waals surface area (Å²) in [6.45, 7) is 8.66. The molecule has 6 heteroatoms. The third-order valence-corrected chi connectivity index (χ3v) is 4.23. The Morgan fingerprint density at radius 1 is 0.826 bits per heavy atom. The van der Waals surface area contributed by atoms with Crippen LogP contribution in [0.2, 0.25) is 0 Å². The van der Waals surface area contributed by atoms with Gasteiger partial charge < -0.3 is 0 Å². The molecule has 0 aliphatic rings. The zero-order valence-corrected chi connectivity index (χ0v) is 14.6. The Hall–Kier alpha value is -1.82. The Morgan fingerprint density at radius 2 is 1.26 bits per heavy atom. The van der Waals surface area contributed by atoms with Gasteiger partial charge in [-0.1, -0.05) is 13.8 Å². The molecular formula is C17H20F3NOS. The zero-order chi connectivity index (χ0) is 17.7. The van der Waals surface area contributed by atoms with E-state index in [1.165, 1.54) is 19.1 Å². The maximum Gasteiger partial charge on any atom is 0.150 e. The van der Waals surface area contributed by atoms with Crippen LogP contribution in [0, 0.1) is 38.2 Å². The molecule has 0 aliphatic carbocycles. The predicted molar refractivity (Wildman–Crippen MR) is 88.3 cm³/mol. The van der Waals surface area contributed by atoms with Crippen LogP contribution in [0.3, 0.4) is 0 Å². The van der Waals surface area contributed by atoms with Crippen LogP contribution in [0.4, 0.5) is 18.9 Å². The van der Waals surface area contributed by atoms with E-state index in [2.05, 4.69) is 4.72 Å². The lowest BCUT2D eigenvalue weighted by Crippen LogP contribution is -2.10. The van der Waals surface area contributed by atoms with Gasteiger partial charge in [0.05, 0.1) is 4.90 Å². The summed E-state index contributed by atoms with van der Waals surface area (Å²) in [5.74, 6) is -2.19. The van der Waals surface area contributed by atoms with Crippen LogP contribution in [-0.2, 0) is 11.0 Å². The van der Waals surface area contributed by atoms with Gasteiger partial charge in [0.15, 0.2) is 22.6 Å². The van der Waals surface area contributed by atoms with E-state index in [9.17, 15) is 17.4 Å². The molecule has 23 heavy (non-hydrogen) atoms. The molecule has 1 atom stereocenters. The van der Waals surface area contributed by atoms with Crippen LogP contribution in [0.15, 0.2) is 29.2 Å². The quantitative estimate of drug-likeness (QED) is 0.816. The molecule has 0 fully saturated rings. The number of rotatable bonds is 3. The Labute approximate surface area is 137 Å². The van der Waals surface area contributed by atoms with Crippen molar-refractivity contribution in [1.29, 1.82) is 0 Å². The number of benzene rings is 2. The fourth-order valence-electron chi connectivity index (χ4n) is 1.92. The summed E-state index contributed by atoms with van der Waals surface area (Å²) in [5, 5.41) is 0. The fourth-order valence-corrected chi connectivity index (χ4v) is 3.08. The number of nitrogens with one attached hydrogen (secondary N) is 1. The normalized spacial score (nSPS) is 11.5. The minimum Gasteiger partial charge on any atom is -0.296 e. The van der Waals surface area contributed by atoms with E-state index in [0.717, 1.165) is 12.1 Å². The van der Waals surface area contributed by atoms with Gasteiger partial charge in [-0.25, -0.2) is 17.4 Å². The first kappa shape index (κ1) is 19.2. The SMILES string of the molecule is CC.Cc1cc(F)c(NS(=O)c2cc(C)cc(F)c2C)c(F)c1. The Bertz CT molecular complexity index is 709. The van der Waals surface area contributed by atoms with E-state index in [1.807, 2.05) is 13.8 Å². The highest BCUT2D eigenvalue weighted by Crippen LogP contribution is 2.24. The molecule has 0 saturated carbocycles. The standard InChI is InChI=1S/C15H14F3NOS.C2H6/c1-8-5-12(17)15(13(18)6-8)19-21(20)14-7-9(2)4-11(16)10(14)3;1-2/h4-7,19H,1-3H3;1-2H3. The lowest BCUT2D eigenvalue weighted by molar-refractivity contribution is 0.589. The molecule has 0 heterocycles. The highest BCUT2D eigenvalue weighted by atomic mass is 32.2. The summed E-state index contributed by atoms with van der Waals surface area (Å²) in [7, 11) is -1.96. The van der Waals surface area contributed by atoms with E-state index in [1.54, 1.807) is 13.8 Å². The summed E-state index contributed by atoms with van der Waals surface area (Å²) in [4.78, 5) is 0.159. The lowest BCUT2D eigenvalue weighted by Gasteiger charge is -2.12. The number of hydrogen-bond acceptors (Lipinski definition) is 1. The van der Waals surface area contributed by atoms with E-state index in [-0.39, 0.29) is 10.5 Å². The summed E-state index contributed by atoms with van der Waals surface area (Å²) < 4.78 is 55.6. The number of anilines is 1. The third kappa shape index (κ3) is 4.58. The molecule has 2 rings (SSSR count). The van der Waals surface area contributed by atoms with E-state index < -0.39 is 34.1 Å². The molecule has 2 aromatic rings. The average Bonchev–Trinajstić information content (AvgIpc) is 2.48. The van der Waals surface area contributed by atoms with Crippen molar-refractivity contribution in [3.05, 3.63) is 58.4 Å². The molecule has 0 aromatic heterocycles. The Kier molecular flexibility index (Phi) is 6.81. The molecule has 0 spiro atoms. The van der Waals surface area contributed by atoms with Gasteiger partial charge >= 0.3 is 0 Å². The second-order valence-corrected chi connectivity index (χ2v) is 6.03. The zero-order valence-electron chi connectivity index (χ0n) is 13.8. The highest BCUT2D eigenvalue weighted by Gasteiger charge is 2.16. The van der Waals surface area contributed by atoms with Crippen LogP contribution in [0.5, 0.6) is 0 Å². The van der Waals surface area contributed by atoms with Crippen molar-refractivity contribution in [3.8, 4) is 0 Å². The van der Waals surface area contributed by atoms with Gasteiger partial charge in [-0.15, -0.1) is 0 Å². The maximum atomic E-state index is 13.7. The van der Waals surface area contributed by atoms with Crippen LogP contribution in [-0.4, -0.2) is 4.21 Å². The minimum atomic E-state index is -1.96. The van der Waals surface area contributed by atoms with Crippen molar-refractivity contribution in [2.45, 2.75) is 39.5 Å². The van der Waals surface area contributed by atoms with Crippen LogP contribution >= 0.6 is 0 Å². The van der Waals surface area contributed by atoms with Crippen LogP contribution in [0.25, 0.3) is 0 Å². The van der Waals surface area contributed by atoms with Crippen molar-refractivity contribution in [3.63, 3.8) is 0 Å². The molecule has 0 radical (unpaired) electrons. The summed E-state index contributed by atoms with van der Waals surface area (Å²) >= 11 is 0.